The molecule has 2 unspecified atom stereocenters. The molecule has 0 saturated heterocycles. The van der Waals surface area contributed by atoms with Crippen molar-refractivity contribution in [1.29, 1.82) is 0 Å². The van der Waals surface area contributed by atoms with Crippen molar-refractivity contribution in [2.75, 3.05) is 20.6 Å². The molecule has 0 radical (unpaired) electrons. The summed E-state index contributed by atoms with van der Waals surface area (Å²) in [5.41, 5.74) is 2.06. The molecular formula is C15H28N4. The molecule has 1 aromatic heterocycles. The summed E-state index contributed by atoms with van der Waals surface area (Å²) >= 11 is 0. The highest BCUT2D eigenvalue weighted by Crippen LogP contribution is 2.15. The summed E-state index contributed by atoms with van der Waals surface area (Å²) < 4.78 is 0. The Hall–Kier alpha value is -1.00. The number of likely N-dealkylation sites (N-methyl/N-ethyl adjacent to an activating group) is 1. The number of hydrogen-bond donors (Lipinski definition) is 1. The summed E-state index contributed by atoms with van der Waals surface area (Å²) in [4.78, 5) is 11.0. The zero-order valence-corrected chi connectivity index (χ0v) is 13.1. The molecule has 4 heteroatoms. The lowest BCUT2D eigenvalue weighted by molar-refractivity contribution is 0.289. The quantitative estimate of drug-likeness (QED) is 0.821. The van der Waals surface area contributed by atoms with E-state index in [0.29, 0.717) is 12.0 Å². The van der Waals surface area contributed by atoms with Gasteiger partial charge in [-0.2, -0.15) is 0 Å². The van der Waals surface area contributed by atoms with E-state index >= 15 is 0 Å². The normalized spacial score (nSPS) is 14.9. The molecule has 0 saturated carbocycles. The highest BCUT2D eigenvalue weighted by molar-refractivity contribution is 5.12. The molecule has 4 nitrogen and oxygen atoms in total. The van der Waals surface area contributed by atoms with Crippen LogP contribution in [0.15, 0.2) is 12.4 Å². The van der Waals surface area contributed by atoms with Crippen LogP contribution in [-0.4, -0.2) is 41.5 Å². The Morgan fingerprint density at radius 3 is 2.32 bits per heavy atom. The van der Waals surface area contributed by atoms with Crippen molar-refractivity contribution < 1.29 is 0 Å². The molecule has 0 aliphatic carbocycles. The number of nitrogens with one attached hydrogen (secondary N) is 1. The molecule has 0 aliphatic rings. The Bertz CT molecular complexity index is 366. The van der Waals surface area contributed by atoms with E-state index in [-0.39, 0.29) is 6.04 Å². The average Bonchev–Trinajstić information content (AvgIpc) is 2.27. The highest BCUT2D eigenvalue weighted by atomic mass is 15.1. The molecule has 0 aromatic carbocycles. The van der Waals surface area contributed by atoms with Crippen molar-refractivity contribution in [3.63, 3.8) is 0 Å². The first-order valence-corrected chi connectivity index (χ1v) is 7.08. The summed E-state index contributed by atoms with van der Waals surface area (Å²) in [5, 5.41) is 3.69. The second-order valence-electron chi connectivity index (χ2n) is 6.00. The van der Waals surface area contributed by atoms with Crippen LogP contribution in [0.4, 0.5) is 0 Å². The van der Waals surface area contributed by atoms with Gasteiger partial charge in [0.15, 0.2) is 0 Å². The first-order valence-electron chi connectivity index (χ1n) is 7.08. The predicted molar refractivity (Wildman–Crippen MR) is 80.1 cm³/mol. The molecule has 1 aromatic rings. The van der Waals surface area contributed by atoms with Gasteiger partial charge in [0.2, 0.25) is 0 Å². The third-order valence-electron chi connectivity index (χ3n) is 3.16. The zero-order chi connectivity index (χ0) is 14.4. The lowest BCUT2D eigenvalue weighted by Crippen LogP contribution is -2.40. The lowest BCUT2D eigenvalue weighted by Gasteiger charge is -2.27. The third-order valence-corrected chi connectivity index (χ3v) is 3.16. The summed E-state index contributed by atoms with van der Waals surface area (Å²) in [7, 11) is 4.24. The van der Waals surface area contributed by atoms with E-state index in [9.17, 15) is 0 Å². The van der Waals surface area contributed by atoms with Gasteiger partial charge < -0.3 is 10.2 Å². The van der Waals surface area contributed by atoms with Gasteiger partial charge in [0.25, 0.3) is 0 Å². The van der Waals surface area contributed by atoms with Crippen LogP contribution in [0.5, 0.6) is 0 Å². The van der Waals surface area contributed by atoms with Crippen LogP contribution in [0.25, 0.3) is 0 Å². The van der Waals surface area contributed by atoms with Gasteiger partial charge in [0.05, 0.1) is 11.4 Å². The van der Waals surface area contributed by atoms with Crippen LogP contribution in [0, 0.1) is 12.8 Å². The topological polar surface area (TPSA) is 41.1 Å². The molecule has 0 aliphatic heterocycles. The minimum absolute atomic E-state index is 0.234. The van der Waals surface area contributed by atoms with E-state index in [4.69, 9.17) is 0 Å². The van der Waals surface area contributed by atoms with Crippen LogP contribution >= 0.6 is 0 Å². The molecular weight excluding hydrogens is 236 g/mol. The maximum Gasteiger partial charge on any atom is 0.0782 e. The molecule has 19 heavy (non-hydrogen) atoms. The van der Waals surface area contributed by atoms with Gasteiger partial charge in [-0.1, -0.05) is 13.8 Å². The van der Waals surface area contributed by atoms with E-state index in [1.165, 1.54) is 6.42 Å². The fourth-order valence-corrected chi connectivity index (χ4v) is 2.48. The molecule has 0 bridgehead atoms. The smallest absolute Gasteiger partial charge is 0.0782 e. The average molecular weight is 264 g/mol. The zero-order valence-electron chi connectivity index (χ0n) is 13.1. The van der Waals surface area contributed by atoms with Crippen molar-refractivity contribution in [2.45, 2.75) is 46.2 Å². The molecule has 0 fully saturated rings. The minimum atomic E-state index is 0.234. The van der Waals surface area contributed by atoms with Gasteiger partial charge in [-0.05, 0) is 40.3 Å². The molecule has 1 rings (SSSR count). The van der Waals surface area contributed by atoms with Gasteiger partial charge in [-0.25, -0.2) is 0 Å². The number of nitrogens with zero attached hydrogens (tertiary/aromatic N) is 3. The molecule has 2 atom stereocenters. The maximum atomic E-state index is 4.45. The first-order chi connectivity index (χ1) is 8.90. The van der Waals surface area contributed by atoms with Crippen molar-refractivity contribution in [1.82, 2.24) is 20.2 Å². The van der Waals surface area contributed by atoms with Crippen LogP contribution in [0.3, 0.4) is 0 Å². The van der Waals surface area contributed by atoms with Gasteiger partial charge in [0, 0.05) is 31.0 Å². The van der Waals surface area contributed by atoms with Crippen LogP contribution < -0.4 is 5.32 Å². The SMILES string of the molecule is Cc1nccnc1C(C)NC(CC(C)C)CN(C)C. The van der Waals surface area contributed by atoms with Gasteiger partial charge >= 0.3 is 0 Å². The Labute approximate surface area is 117 Å². The van der Waals surface area contributed by atoms with Crippen LogP contribution in [0.2, 0.25) is 0 Å². The number of hydrogen-bond acceptors (Lipinski definition) is 4. The molecule has 1 N–H and O–H groups in total. The van der Waals surface area contributed by atoms with Crippen molar-refractivity contribution in [3.05, 3.63) is 23.8 Å². The van der Waals surface area contributed by atoms with Gasteiger partial charge in [0.1, 0.15) is 0 Å². The second kappa shape index (κ2) is 7.56. The standard InChI is InChI=1S/C15H28N4/c1-11(2)9-14(10-19(5)6)18-13(4)15-12(3)16-7-8-17-15/h7-8,11,13-14,18H,9-10H2,1-6H3. The fraction of sp³-hybridized carbons (Fsp3) is 0.733. The Balaban J connectivity index is 2.70. The largest absolute Gasteiger partial charge is 0.308 e. The second-order valence-corrected chi connectivity index (χ2v) is 6.00. The summed E-state index contributed by atoms with van der Waals surface area (Å²) in [6, 6.07) is 0.712. The van der Waals surface area contributed by atoms with Gasteiger partial charge in [-0.15, -0.1) is 0 Å². The number of rotatable bonds is 7. The maximum absolute atomic E-state index is 4.45. The Morgan fingerprint density at radius 1 is 1.16 bits per heavy atom. The molecule has 108 valence electrons. The summed E-state index contributed by atoms with van der Waals surface area (Å²) in [6.07, 6.45) is 4.68. The molecule has 1 heterocycles. The van der Waals surface area contributed by atoms with Crippen LogP contribution in [-0.2, 0) is 0 Å². The minimum Gasteiger partial charge on any atom is -0.308 e. The Kier molecular flexibility index (Phi) is 6.38. The highest BCUT2D eigenvalue weighted by Gasteiger charge is 2.17. The summed E-state index contributed by atoms with van der Waals surface area (Å²) in [6.45, 7) is 9.76. The van der Waals surface area contributed by atoms with E-state index in [1.807, 2.05) is 6.92 Å². The predicted octanol–water partition coefficient (Wildman–Crippen LogP) is 2.41. The monoisotopic (exact) mass is 264 g/mol. The number of aryl methyl sites for hydroxylation is 1. The van der Waals surface area contributed by atoms with Crippen molar-refractivity contribution >= 4 is 0 Å². The van der Waals surface area contributed by atoms with E-state index in [2.05, 4.69) is 55.1 Å². The van der Waals surface area contributed by atoms with Crippen LogP contribution in [0.1, 0.15) is 44.6 Å². The third kappa shape index (κ3) is 5.66. The first kappa shape index (κ1) is 16.1. The van der Waals surface area contributed by atoms with Crippen molar-refractivity contribution in [3.8, 4) is 0 Å². The van der Waals surface area contributed by atoms with Gasteiger partial charge in [-0.3, -0.25) is 9.97 Å². The molecule has 0 amide bonds. The van der Waals surface area contributed by atoms with E-state index in [0.717, 1.165) is 17.9 Å². The number of aromatic nitrogens is 2. The van der Waals surface area contributed by atoms with E-state index in [1.54, 1.807) is 12.4 Å². The Morgan fingerprint density at radius 2 is 1.79 bits per heavy atom. The molecule has 0 spiro atoms. The fourth-order valence-electron chi connectivity index (χ4n) is 2.48. The van der Waals surface area contributed by atoms with Crippen molar-refractivity contribution in [2.24, 2.45) is 5.92 Å². The summed E-state index contributed by atoms with van der Waals surface area (Å²) in [5.74, 6) is 0.688. The lowest BCUT2D eigenvalue weighted by atomic mass is 10.0. The van der Waals surface area contributed by atoms with E-state index < -0.39 is 0 Å².